The van der Waals surface area contributed by atoms with Gasteiger partial charge in [0.25, 0.3) is 0 Å². The predicted octanol–water partition coefficient (Wildman–Crippen LogP) is 5.37. The third-order valence-corrected chi connectivity index (χ3v) is 5.41. The highest BCUT2D eigenvalue weighted by atomic mass is 32.1. The Balaban J connectivity index is 1.49. The molecule has 4 rings (SSSR count). The average Bonchev–Trinajstić information content (AvgIpc) is 3.23. The highest BCUT2D eigenvalue weighted by Crippen LogP contribution is 2.30. The first-order valence-electron chi connectivity index (χ1n) is 9.94. The highest BCUT2D eigenvalue weighted by Gasteiger charge is 2.16. The lowest BCUT2D eigenvalue weighted by Crippen LogP contribution is -2.11. The number of thiazole rings is 1. The standard InChI is InChI=1S/C24H21N3O4S/c1-3-30-21-14-16(15-25-27-24-26-18-9-5-7-11-22(18)32-24)12-13-20(21)31-23(28)17-8-4-6-10-19(17)29-2/h4-15H,3H2,1-2H3,(H,26,27)/b25-15-. The molecular formula is C24H21N3O4S. The maximum Gasteiger partial charge on any atom is 0.347 e. The molecular weight excluding hydrogens is 426 g/mol. The molecule has 1 heterocycles. The van der Waals surface area contributed by atoms with E-state index in [4.69, 9.17) is 14.2 Å². The minimum Gasteiger partial charge on any atom is -0.496 e. The second-order valence-corrected chi connectivity index (χ2v) is 7.62. The number of hydrogen-bond acceptors (Lipinski definition) is 8. The Morgan fingerprint density at radius 3 is 2.69 bits per heavy atom. The van der Waals surface area contributed by atoms with Crippen LogP contribution in [0.25, 0.3) is 10.2 Å². The Morgan fingerprint density at radius 2 is 1.88 bits per heavy atom. The predicted molar refractivity (Wildman–Crippen MR) is 126 cm³/mol. The van der Waals surface area contributed by atoms with E-state index in [1.807, 2.05) is 31.2 Å². The fourth-order valence-corrected chi connectivity index (χ4v) is 3.82. The highest BCUT2D eigenvalue weighted by molar-refractivity contribution is 7.22. The number of carbonyl (C=O) groups excluding carboxylic acids is 1. The van der Waals surface area contributed by atoms with Gasteiger partial charge in [0.2, 0.25) is 5.13 Å². The molecule has 0 aliphatic heterocycles. The number of rotatable bonds is 8. The van der Waals surface area contributed by atoms with E-state index in [9.17, 15) is 4.79 Å². The average molecular weight is 448 g/mol. The van der Waals surface area contributed by atoms with Crippen LogP contribution in [-0.4, -0.2) is 30.9 Å². The Kier molecular flexibility index (Phi) is 6.62. The van der Waals surface area contributed by atoms with Crippen LogP contribution < -0.4 is 19.6 Å². The number of para-hydroxylation sites is 2. The van der Waals surface area contributed by atoms with Crippen molar-refractivity contribution in [3.8, 4) is 17.2 Å². The first-order chi connectivity index (χ1) is 15.7. The molecule has 32 heavy (non-hydrogen) atoms. The Labute approximate surface area is 189 Å². The van der Waals surface area contributed by atoms with Gasteiger partial charge in [0.15, 0.2) is 11.5 Å². The van der Waals surface area contributed by atoms with Crippen LogP contribution in [0.4, 0.5) is 5.13 Å². The van der Waals surface area contributed by atoms with Gasteiger partial charge in [-0.05, 0) is 55.0 Å². The third-order valence-electron chi connectivity index (χ3n) is 4.46. The van der Waals surface area contributed by atoms with Crippen molar-refractivity contribution in [2.45, 2.75) is 6.92 Å². The number of hydrogen-bond donors (Lipinski definition) is 1. The number of benzene rings is 3. The molecule has 4 aromatic rings. The number of aromatic nitrogens is 1. The van der Waals surface area contributed by atoms with Crippen LogP contribution in [0.5, 0.6) is 17.2 Å². The van der Waals surface area contributed by atoms with Gasteiger partial charge in [0, 0.05) is 0 Å². The summed E-state index contributed by atoms with van der Waals surface area (Å²) in [7, 11) is 1.51. The van der Waals surface area contributed by atoms with E-state index in [0.717, 1.165) is 15.8 Å². The van der Waals surface area contributed by atoms with Crippen molar-refractivity contribution in [1.29, 1.82) is 0 Å². The maximum atomic E-state index is 12.6. The van der Waals surface area contributed by atoms with E-state index >= 15 is 0 Å². The summed E-state index contributed by atoms with van der Waals surface area (Å²) in [5, 5.41) is 4.97. The van der Waals surface area contributed by atoms with Crippen LogP contribution in [0.2, 0.25) is 0 Å². The quantitative estimate of drug-likeness (QED) is 0.169. The van der Waals surface area contributed by atoms with Crippen molar-refractivity contribution >= 4 is 38.9 Å². The van der Waals surface area contributed by atoms with Crippen molar-refractivity contribution in [1.82, 2.24) is 4.98 Å². The maximum absolute atomic E-state index is 12.6. The topological polar surface area (TPSA) is 82.0 Å². The van der Waals surface area contributed by atoms with Crippen molar-refractivity contribution < 1.29 is 19.0 Å². The summed E-state index contributed by atoms with van der Waals surface area (Å²) >= 11 is 1.53. The van der Waals surface area contributed by atoms with Gasteiger partial charge in [-0.15, -0.1) is 0 Å². The molecule has 0 saturated carbocycles. The molecule has 0 atom stereocenters. The van der Waals surface area contributed by atoms with Gasteiger partial charge < -0.3 is 14.2 Å². The molecule has 0 spiro atoms. The monoisotopic (exact) mass is 447 g/mol. The Bertz CT molecular complexity index is 1240. The van der Waals surface area contributed by atoms with Crippen LogP contribution in [0.3, 0.4) is 0 Å². The number of esters is 1. The van der Waals surface area contributed by atoms with Crippen LogP contribution >= 0.6 is 11.3 Å². The molecule has 0 unspecified atom stereocenters. The Morgan fingerprint density at radius 1 is 1.06 bits per heavy atom. The number of hydrazone groups is 1. The molecule has 0 aliphatic carbocycles. The zero-order valence-electron chi connectivity index (χ0n) is 17.6. The second kappa shape index (κ2) is 9.93. The van der Waals surface area contributed by atoms with Gasteiger partial charge in [-0.3, -0.25) is 5.43 Å². The molecule has 0 fully saturated rings. The van der Waals surface area contributed by atoms with E-state index in [1.165, 1.54) is 18.4 Å². The summed E-state index contributed by atoms with van der Waals surface area (Å²) in [5.74, 6) is 0.682. The number of carbonyl (C=O) groups is 1. The summed E-state index contributed by atoms with van der Waals surface area (Å²) in [6, 6.07) is 20.0. The van der Waals surface area contributed by atoms with Gasteiger partial charge in [-0.25, -0.2) is 9.78 Å². The largest absolute Gasteiger partial charge is 0.496 e. The number of nitrogens with zero attached hydrogens (tertiary/aromatic N) is 2. The molecule has 7 nitrogen and oxygen atoms in total. The number of nitrogens with one attached hydrogen (secondary N) is 1. The van der Waals surface area contributed by atoms with E-state index in [0.29, 0.717) is 34.6 Å². The number of ether oxygens (including phenoxy) is 3. The third kappa shape index (κ3) is 4.87. The van der Waals surface area contributed by atoms with E-state index in [-0.39, 0.29) is 0 Å². The van der Waals surface area contributed by atoms with Crippen molar-refractivity contribution in [3.63, 3.8) is 0 Å². The Hall–Kier alpha value is -3.91. The first kappa shape index (κ1) is 21.3. The van der Waals surface area contributed by atoms with Gasteiger partial charge in [0.1, 0.15) is 11.3 Å². The van der Waals surface area contributed by atoms with Crippen LogP contribution in [-0.2, 0) is 0 Å². The smallest absolute Gasteiger partial charge is 0.347 e. The molecule has 0 aliphatic rings. The van der Waals surface area contributed by atoms with Gasteiger partial charge in [-0.2, -0.15) is 5.10 Å². The van der Waals surface area contributed by atoms with Crippen LogP contribution in [0.1, 0.15) is 22.8 Å². The number of anilines is 1. The summed E-state index contributed by atoms with van der Waals surface area (Å²) in [4.78, 5) is 17.1. The SMILES string of the molecule is CCOc1cc(/C=N\Nc2nc3ccccc3s2)ccc1OC(=O)c1ccccc1OC. The summed E-state index contributed by atoms with van der Waals surface area (Å²) < 4.78 is 17.6. The minimum absolute atomic E-state index is 0.319. The molecule has 3 aromatic carbocycles. The number of methoxy groups -OCH3 is 1. The lowest BCUT2D eigenvalue weighted by Gasteiger charge is -2.12. The summed E-state index contributed by atoms with van der Waals surface area (Å²) in [5.41, 5.74) is 4.99. The molecule has 162 valence electrons. The van der Waals surface area contributed by atoms with Gasteiger partial charge in [-0.1, -0.05) is 35.6 Å². The summed E-state index contributed by atoms with van der Waals surface area (Å²) in [6.07, 6.45) is 1.65. The fourth-order valence-electron chi connectivity index (χ4n) is 3.01. The second-order valence-electron chi connectivity index (χ2n) is 6.59. The van der Waals surface area contributed by atoms with Crippen molar-refractivity contribution in [2.24, 2.45) is 5.10 Å². The first-order valence-corrected chi connectivity index (χ1v) is 10.8. The molecule has 0 radical (unpaired) electrons. The van der Waals surface area contributed by atoms with E-state index in [1.54, 1.807) is 48.7 Å². The molecule has 1 N–H and O–H groups in total. The van der Waals surface area contributed by atoms with E-state index < -0.39 is 5.97 Å². The minimum atomic E-state index is -0.526. The molecule has 0 bridgehead atoms. The van der Waals surface area contributed by atoms with Gasteiger partial charge in [0.05, 0.1) is 30.1 Å². The van der Waals surface area contributed by atoms with E-state index in [2.05, 4.69) is 15.5 Å². The lowest BCUT2D eigenvalue weighted by atomic mass is 10.2. The normalized spacial score (nSPS) is 10.9. The van der Waals surface area contributed by atoms with Gasteiger partial charge >= 0.3 is 5.97 Å². The fraction of sp³-hybridized carbons (Fsp3) is 0.125. The number of fused-ring (bicyclic) bond motifs is 1. The van der Waals surface area contributed by atoms with Crippen LogP contribution in [0.15, 0.2) is 71.8 Å². The molecule has 1 aromatic heterocycles. The van der Waals surface area contributed by atoms with Crippen molar-refractivity contribution in [3.05, 3.63) is 77.9 Å². The van der Waals surface area contributed by atoms with Crippen LogP contribution in [0, 0.1) is 0 Å². The summed E-state index contributed by atoms with van der Waals surface area (Å²) in [6.45, 7) is 2.28. The zero-order chi connectivity index (χ0) is 22.3. The molecule has 0 saturated heterocycles. The van der Waals surface area contributed by atoms with Crippen molar-refractivity contribution in [2.75, 3.05) is 19.1 Å². The zero-order valence-corrected chi connectivity index (χ0v) is 18.4. The molecule has 0 amide bonds. The lowest BCUT2D eigenvalue weighted by molar-refractivity contribution is 0.0725. The molecule has 8 heteroatoms.